The Morgan fingerprint density at radius 1 is 1.17 bits per heavy atom. The quantitative estimate of drug-likeness (QED) is 0.438. The maximum Gasteiger partial charge on any atom is 0.0449 e. The smallest absolute Gasteiger partial charge is 0.0449 e. The first-order valence-corrected chi connectivity index (χ1v) is 4.20. The topological polar surface area (TPSA) is 12.4 Å². The van der Waals surface area contributed by atoms with Crippen LogP contribution in [0.4, 0.5) is 0 Å². The third-order valence-corrected chi connectivity index (χ3v) is 1.51. The molecule has 68 valence electrons. The van der Waals surface area contributed by atoms with Gasteiger partial charge in [0.1, 0.15) is 0 Å². The molecule has 1 heteroatoms. The van der Waals surface area contributed by atoms with E-state index in [9.17, 15) is 0 Å². The van der Waals surface area contributed by atoms with E-state index >= 15 is 0 Å². The first kappa shape index (κ1) is 11.2. The van der Waals surface area contributed by atoms with E-state index in [1.165, 1.54) is 5.57 Å². The van der Waals surface area contributed by atoms with Crippen molar-refractivity contribution < 1.29 is 0 Å². The van der Waals surface area contributed by atoms with E-state index in [1.54, 1.807) is 0 Å². The Morgan fingerprint density at radius 2 is 1.67 bits per heavy atom. The summed E-state index contributed by atoms with van der Waals surface area (Å²) in [7, 11) is 0. The Kier molecular flexibility index (Phi) is 3.94. The molecule has 12 heavy (non-hydrogen) atoms. The van der Waals surface area contributed by atoms with Gasteiger partial charge in [-0.05, 0) is 26.6 Å². The second kappa shape index (κ2) is 4.24. The minimum atomic E-state index is 0.0910. The van der Waals surface area contributed by atoms with Crippen LogP contribution >= 0.6 is 0 Å². The van der Waals surface area contributed by atoms with Gasteiger partial charge in [-0.15, -0.1) is 0 Å². The lowest BCUT2D eigenvalue weighted by Crippen LogP contribution is -2.06. The first-order chi connectivity index (χ1) is 5.38. The molecule has 0 aromatic heterocycles. The van der Waals surface area contributed by atoms with E-state index in [-0.39, 0.29) is 5.41 Å². The number of aliphatic imine (C=N–C) groups is 1. The van der Waals surface area contributed by atoms with Crippen molar-refractivity contribution in [1.82, 2.24) is 0 Å². The fourth-order valence-electron chi connectivity index (χ4n) is 0.785. The highest BCUT2D eigenvalue weighted by atomic mass is 14.7. The first-order valence-electron chi connectivity index (χ1n) is 4.20. The van der Waals surface area contributed by atoms with Gasteiger partial charge in [0, 0.05) is 11.1 Å². The third-order valence-electron chi connectivity index (χ3n) is 1.51. The minimum absolute atomic E-state index is 0.0910. The highest BCUT2D eigenvalue weighted by Crippen LogP contribution is 2.25. The van der Waals surface area contributed by atoms with Crippen molar-refractivity contribution in [3.05, 3.63) is 23.4 Å². The Bertz CT molecular complexity index is 210. The van der Waals surface area contributed by atoms with E-state index in [2.05, 4.69) is 52.4 Å². The summed E-state index contributed by atoms with van der Waals surface area (Å²) in [5.74, 6) is 0. The maximum absolute atomic E-state index is 4.00. The number of nitrogens with zero attached hydrogens (tertiary/aromatic N) is 1. The van der Waals surface area contributed by atoms with Gasteiger partial charge >= 0.3 is 0 Å². The lowest BCUT2D eigenvalue weighted by Gasteiger charge is -2.18. The summed E-state index contributed by atoms with van der Waals surface area (Å²) in [6.07, 6.45) is 4.09. The van der Waals surface area contributed by atoms with Gasteiger partial charge in [-0.25, -0.2) is 0 Å². The minimum Gasteiger partial charge on any atom is -0.269 e. The Hall–Kier alpha value is -0.850. The molecule has 0 aliphatic heterocycles. The predicted molar refractivity (Wildman–Crippen MR) is 56.5 cm³/mol. The normalized spacial score (nSPS) is 12.6. The molecule has 0 aliphatic rings. The standard InChI is InChI=1S/C11H19N/c1-9(2)7-8-10(12-6)11(3,4)5/h7-8H,6H2,1-5H3/b10-8-. The Labute approximate surface area is 75.9 Å². The van der Waals surface area contributed by atoms with Crippen LogP contribution in [0.25, 0.3) is 0 Å². The highest BCUT2D eigenvalue weighted by molar-refractivity contribution is 5.32. The van der Waals surface area contributed by atoms with E-state index in [0.29, 0.717) is 0 Å². The average Bonchev–Trinajstić information content (AvgIpc) is 1.85. The molecule has 0 bridgehead atoms. The van der Waals surface area contributed by atoms with Gasteiger partial charge in [-0.3, -0.25) is 4.99 Å². The molecular formula is C11H19N. The SMILES string of the molecule is C=N/C(=C\C=C(C)C)C(C)(C)C. The number of hydrogen-bond donors (Lipinski definition) is 0. The van der Waals surface area contributed by atoms with Gasteiger partial charge in [-0.1, -0.05) is 32.4 Å². The van der Waals surface area contributed by atoms with Crippen molar-refractivity contribution in [2.24, 2.45) is 10.4 Å². The Balaban J connectivity index is 4.68. The van der Waals surface area contributed by atoms with Crippen LogP contribution in [0.3, 0.4) is 0 Å². The van der Waals surface area contributed by atoms with Crippen molar-refractivity contribution in [3.63, 3.8) is 0 Å². The molecule has 0 aromatic rings. The zero-order valence-corrected chi connectivity index (χ0v) is 8.81. The molecule has 0 saturated heterocycles. The summed E-state index contributed by atoms with van der Waals surface area (Å²) in [6.45, 7) is 14.1. The average molecular weight is 165 g/mol. The van der Waals surface area contributed by atoms with Crippen molar-refractivity contribution >= 4 is 6.72 Å². The summed E-state index contributed by atoms with van der Waals surface area (Å²) in [5.41, 5.74) is 2.40. The fourth-order valence-corrected chi connectivity index (χ4v) is 0.785. The number of allylic oxidation sites excluding steroid dienone is 4. The van der Waals surface area contributed by atoms with Crippen LogP contribution in [-0.4, -0.2) is 6.72 Å². The molecule has 0 rings (SSSR count). The zero-order chi connectivity index (χ0) is 9.78. The molecular weight excluding hydrogens is 146 g/mol. The van der Waals surface area contributed by atoms with Crippen LogP contribution in [0.2, 0.25) is 0 Å². The summed E-state index contributed by atoms with van der Waals surface area (Å²) in [4.78, 5) is 4.00. The third kappa shape index (κ3) is 4.12. The molecule has 0 radical (unpaired) electrons. The van der Waals surface area contributed by atoms with E-state index in [0.717, 1.165) is 5.70 Å². The van der Waals surface area contributed by atoms with Crippen LogP contribution < -0.4 is 0 Å². The van der Waals surface area contributed by atoms with Crippen LogP contribution in [0, 0.1) is 5.41 Å². The van der Waals surface area contributed by atoms with Crippen molar-refractivity contribution in [2.45, 2.75) is 34.6 Å². The molecule has 0 aromatic carbocycles. The van der Waals surface area contributed by atoms with Gasteiger partial charge in [0.25, 0.3) is 0 Å². The van der Waals surface area contributed by atoms with Crippen molar-refractivity contribution in [2.75, 3.05) is 0 Å². The van der Waals surface area contributed by atoms with Crippen molar-refractivity contribution in [3.8, 4) is 0 Å². The van der Waals surface area contributed by atoms with Gasteiger partial charge in [0.05, 0.1) is 0 Å². The molecule has 1 nitrogen and oxygen atoms in total. The second-order valence-electron chi connectivity index (χ2n) is 4.20. The van der Waals surface area contributed by atoms with Crippen LogP contribution in [-0.2, 0) is 0 Å². The van der Waals surface area contributed by atoms with E-state index < -0.39 is 0 Å². The molecule has 0 unspecified atom stereocenters. The lowest BCUT2D eigenvalue weighted by molar-refractivity contribution is 0.499. The van der Waals surface area contributed by atoms with Crippen molar-refractivity contribution in [1.29, 1.82) is 0 Å². The van der Waals surface area contributed by atoms with Gasteiger partial charge in [0.2, 0.25) is 0 Å². The van der Waals surface area contributed by atoms with Crippen LogP contribution in [0.5, 0.6) is 0 Å². The van der Waals surface area contributed by atoms with Crippen LogP contribution in [0.1, 0.15) is 34.6 Å². The van der Waals surface area contributed by atoms with E-state index in [4.69, 9.17) is 0 Å². The molecule has 0 heterocycles. The zero-order valence-electron chi connectivity index (χ0n) is 8.81. The summed E-state index contributed by atoms with van der Waals surface area (Å²) in [5, 5.41) is 0. The molecule has 0 spiro atoms. The van der Waals surface area contributed by atoms with Gasteiger partial charge in [0.15, 0.2) is 0 Å². The Morgan fingerprint density at radius 3 is 1.92 bits per heavy atom. The molecule has 0 fully saturated rings. The fraction of sp³-hybridized carbons (Fsp3) is 0.545. The molecule has 0 amide bonds. The number of rotatable bonds is 2. The highest BCUT2D eigenvalue weighted by Gasteiger charge is 2.14. The maximum atomic E-state index is 4.00. The molecule has 0 N–H and O–H groups in total. The molecule has 0 atom stereocenters. The number of hydrogen-bond acceptors (Lipinski definition) is 1. The predicted octanol–water partition coefficient (Wildman–Crippen LogP) is 3.58. The molecule has 0 aliphatic carbocycles. The molecule has 0 saturated carbocycles. The summed E-state index contributed by atoms with van der Waals surface area (Å²) in [6, 6.07) is 0. The van der Waals surface area contributed by atoms with E-state index in [1.807, 2.05) is 6.08 Å². The summed E-state index contributed by atoms with van der Waals surface area (Å²) < 4.78 is 0. The lowest BCUT2D eigenvalue weighted by atomic mass is 9.92. The monoisotopic (exact) mass is 165 g/mol. The second-order valence-corrected chi connectivity index (χ2v) is 4.20. The van der Waals surface area contributed by atoms with Gasteiger partial charge in [-0.2, -0.15) is 0 Å². The largest absolute Gasteiger partial charge is 0.269 e. The van der Waals surface area contributed by atoms with Gasteiger partial charge < -0.3 is 0 Å². The van der Waals surface area contributed by atoms with Crippen LogP contribution in [0.15, 0.2) is 28.4 Å². The summed E-state index contributed by atoms with van der Waals surface area (Å²) >= 11 is 0.